The van der Waals surface area contributed by atoms with Crippen LogP contribution < -0.4 is 15.7 Å². The molecule has 0 aliphatic heterocycles. The van der Waals surface area contributed by atoms with Crippen LogP contribution in [0.2, 0.25) is 10.0 Å². The molecule has 39 heavy (non-hydrogen) atoms. The Morgan fingerprint density at radius 2 is 1.95 bits per heavy atom. The largest absolute Gasteiger partial charge is 0.494 e. The third-order valence-corrected chi connectivity index (χ3v) is 9.04. The number of nitrogens with one attached hydrogen (secondary N) is 1. The van der Waals surface area contributed by atoms with E-state index in [4.69, 9.17) is 32.9 Å². The number of carbonyl (C=O) groups excluding carboxylic acids is 1. The van der Waals surface area contributed by atoms with Crippen LogP contribution in [0.15, 0.2) is 57.5 Å². The van der Waals surface area contributed by atoms with E-state index in [9.17, 15) is 9.59 Å². The fourth-order valence-corrected chi connectivity index (χ4v) is 7.17. The molecule has 0 radical (unpaired) electrons. The zero-order chi connectivity index (χ0) is 27.5. The molecule has 0 unspecified atom stereocenters. The van der Waals surface area contributed by atoms with Gasteiger partial charge in [0, 0.05) is 15.5 Å². The van der Waals surface area contributed by atoms with Gasteiger partial charge in [0.2, 0.25) is 0 Å². The third kappa shape index (κ3) is 6.01. The Morgan fingerprint density at radius 1 is 1.18 bits per heavy atom. The number of thiophene rings is 1. The first-order chi connectivity index (χ1) is 18.9. The molecular formula is C28H26Cl2N4O3S2. The van der Waals surface area contributed by atoms with Crippen LogP contribution in [-0.2, 0) is 17.6 Å². The maximum absolute atomic E-state index is 13.9. The second kappa shape index (κ2) is 12.1. The number of rotatable bonds is 8. The molecule has 1 N–H and O–H groups in total. The topological polar surface area (TPSA) is 85.6 Å². The predicted molar refractivity (Wildman–Crippen MR) is 161 cm³/mol. The molecule has 7 nitrogen and oxygen atoms in total. The van der Waals surface area contributed by atoms with Crippen LogP contribution in [0.4, 0.5) is 0 Å². The average Bonchev–Trinajstić information content (AvgIpc) is 3.30. The van der Waals surface area contributed by atoms with Gasteiger partial charge in [-0.05, 0) is 81.5 Å². The van der Waals surface area contributed by atoms with Gasteiger partial charge < -0.3 is 4.74 Å². The summed E-state index contributed by atoms with van der Waals surface area (Å²) in [6.45, 7) is 4.22. The molecule has 0 saturated heterocycles. The second-order valence-corrected chi connectivity index (χ2v) is 11.9. The highest BCUT2D eigenvalue weighted by Crippen LogP contribution is 2.35. The minimum Gasteiger partial charge on any atom is -0.494 e. The zero-order valence-corrected chi connectivity index (χ0v) is 24.6. The number of hydrazone groups is 1. The molecule has 2 heterocycles. The molecule has 2 aromatic heterocycles. The fraction of sp³-hybridized carbons (Fsp3) is 0.286. The number of hydrogen-bond acceptors (Lipinski definition) is 7. The number of carbonyl (C=O) groups is 1. The molecule has 1 aliphatic carbocycles. The molecule has 0 spiro atoms. The Hall–Kier alpha value is -2.85. The van der Waals surface area contributed by atoms with Gasteiger partial charge >= 0.3 is 0 Å². The highest BCUT2D eigenvalue weighted by Gasteiger charge is 2.23. The number of ether oxygens (including phenoxy) is 1. The Balaban J connectivity index is 1.44. The SMILES string of the molecule is CCOc1ccc(-n2c(SCC(=O)NN=C(C)c3ccc(Cl)cc3Cl)nc3sc4c(c3c2=O)CCCC4)cc1. The maximum atomic E-state index is 13.9. The van der Waals surface area contributed by atoms with E-state index < -0.39 is 0 Å². The molecule has 0 bridgehead atoms. The lowest BCUT2D eigenvalue weighted by Crippen LogP contribution is -2.24. The monoisotopic (exact) mass is 600 g/mol. The molecule has 0 fully saturated rings. The van der Waals surface area contributed by atoms with Crippen molar-refractivity contribution in [3.05, 3.63) is 78.9 Å². The van der Waals surface area contributed by atoms with Crippen molar-refractivity contribution in [2.75, 3.05) is 12.4 Å². The van der Waals surface area contributed by atoms with Crippen molar-refractivity contribution < 1.29 is 9.53 Å². The molecule has 1 amide bonds. The van der Waals surface area contributed by atoms with E-state index in [-0.39, 0.29) is 17.2 Å². The van der Waals surface area contributed by atoms with Crippen LogP contribution in [-0.4, -0.2) is 33.5 Å². The van der Waals surface area contributed by atoms with Gasteiger partial charge in [0.1, 0.15) is 10.6 Å². The standard InChI is InChI=1S/C28H26Cl2N4O3S2/c1-3-37-19-11-9-18(10-12-19)34-27(36)25-21-6-4-5-7-23(21)39-26(25)31-28(34)38-15-24(35)33-32-16(2)20-13-8-17(29)14-22(20)30/h8-14H,3-7,15H2,1-2H3,(H,33,35). The van der Waals surface area contributed by atoms with Crippen molar-refractivity contribution in [1.82, 2.24) is 15.0 Å². The molecule has 1 aliphatic rings. The van der Waals surface area contributed by atoms with Gasteiger partial charge in [-0.2, -0.15) is 5.10 Å². The average molecular weight is 602 g/mol. The Labute approximate surface area is 244 Å². The number of amides is 1. The van der Waals surface area contributed by atoms with Crippen LogP contribution in [0.1, 0.15) is 42.7 Å². The summed E-state index contributed by atoms with van der Waals surface area (Å²) in [4.78, 5) is 33.5. The molecule has 0 atom stereocenters. The first kappa shape index (κ1) is 27.7. The smallest absolute Gasteiger partial charge is 0.267 e. The second-order valence-electron chi connectivity index (χ2n) is 9.00. The van der Waals surface area contributed by atoms with E-state index in [0.717, 1.165) is 41.8 Å². The fourth-order valence-electron chi connectivity index (χ4n) is 4.52. The molecular weight excluding hydrogens is 575 g/mol. The Kier molecular flexibility index (Phi) is 8.61. The Morgan fingerprint density at radius 3 is 2.69 bits per heavy atom. The van der Waals surface area contributed by atoms with Gasteiger partial charge in [-0.15, -0.1) is 11.3 Å². The van der Waals surface area contributed by atoms with Crippen molar-refractivity contribution in [2.45, 2.75) is 44.7 Å². The summed E-state index contributed by atoms with van der Waals surface area (Å²) in [6.07, 6.45) is 4.05. The summed E-state index contributed by atoms with van der Waals surface area (Å²) in [5, 5.41) is 6.30. The summed E-state index contributed by atoms with van der Waals surface area (Å²) in [6, 6.07) is 12.4. The lowest BCUT2D eigenvalue weighted by atomic mass is 9.97. The van der Waals surface area contributed by atoms with E-state index in [2.05, 4.69) is 10.5 Å². The summed E-state index contributed by atoms with van der Waals surface area (Å²) in [5.41, 5.74) is 5.47. The van der Waals surface area contributed by atoms with Crippen LogP contribution in [0.25, 0.3) is 15.9 Å². The quantitative estimate of drug-likeness (QED) is 0.106. The molecule has 5 rings (SSSR count). The normalized spacial score (nSPS) is 13.4. The van der Waals surface area contributed by atoms with Crippen molar-refractivity contribution in [2.24, 2.45) is 5.10 Å². The summed E-state index contributed by atoms with van der Waals surface area (Å²) < 4.78 is 7.17. The number of aryl methyl sites for hydroxylation is 2. The van der Waals surface area contributed by atoms with E-state index in [1.807, 2.05) is 31.2 Å². The number of nitrogens with zero attached hydrogens (tertiary/aromatic N) is 3. The third-order valence-electron chi connectivity index (χ3n) is 6.37. The van der Waals surface area contributed by atoms with Gasteiger partial charge in [0.25, 0.3) is 11.5 Å². The lowest BCUT2D eigenvalue weighted by Gasteiger charge is -2.14. The number of halogens is 2. The van der Waals surface area contributed by atoms with E-state index in [1.54, 1.807) is 41.0 Å². The van der Waals surface area contributed by atoms with Gasteiger partial charge in [0.05, 0.1) is 34.2 Å². The van der Waals surface area contributed by atoms with Crippen molar-refractivity contribution >= 4 is 68.1 Å². The predicted octanol–water partition coefficient (Wildman–Crippen LogP) is 6.66. The highest BCUT2D eigenvalue weighted by atomic mass is 35.5. The minimum absolute atomic E-state index is 0.0190. The highest BCUT2D eigenvalue weighted by molar-refractivity contribution is 7.99. The number of fused-ring (bicyclic) bond motifs is 3. The van der Waals surface area contributed by atoms with Crippen molar-refractivity contribution in [1.29, 1.82) is 0 Å². The first-order valence-electron chi connectivity index (χ1n) is 12.6. The molecule has 4 aromatic rings. The van der Waals surface area contributed by atoms with Crippen molar-refractivity contribution in [3.8, 4) is 11.4 Å². The van der Waals surface area contributed by atoms with Crippen LogP contribution in [0.5, 0.6) is 5.75 Å². The van der Waals surface area contributed by atoms with Gasteiger partial charge in [0.15, 0.2) is 5.16 Å². The van der Waals surface area contributed by atoms with E-state index in [1.165, 1.54) is 16.6 Å². The number of thioether (sulfide) groups is 1. The van der Waals surface area contributed by atoms with Gasteiger partial charge in [-0.25, -0.2) is 10.4 Å². The summed E-state index contributed by atoms with van der Waals surface area (Å²) >= 11 is 15.0. The van der Waals surface area contributed by atoms with Crippen molar-refractivity contribution in [3.63, 3.8) is 0 Å². The zero-order valence-electron chi connectivity index (χ0n) is 21.4. The molecule has 202 valence electrons. The maximum Gasteiger partial charge on any atom is 0.267 e. The number of aromatic nitrogens is 2. The number of hydrogen-bond donors (Lipinski definition) is 1. The summed E-state index contributed by atoms with van der Waals surface area (Å²) in [7, 11) is 0. The first-order valence-corrected chi connectivity index (χ1v) is 15.1. The Bertz CT molecular complexity index is 1630. The molecule has 2 aromatic carbocycles. The molecule has 11 heteroatoms. The number of benzene rings is 2. The molecule has 0 saturated carbocycles. The van der Waals surface area contributed by atoms with Gasteiger partial charge in [-0.1, -0.05) is 41.0 Å². The lowest BCUT2D eigenvalue weighted by molar-refractivity contribution is -0.118. The van der Waals surface area contributed by atoms with E-state index >= 15 is 0 Å². The van der Waals surface area contributed by atoms with Gasteiger partial charge in [-0.3, -0.25) is 14.2 Å². The minimum atomic E-state index is -0.331. The van der Waals surface area contributed by atoms with Crippen LogP contribution in [0.3, 0.4) is 0 Å². The summed E-state index contributed by atoms with van der Waals surface area (Å²) in [5.74, 6) is 0.409. The van der Waals surface area contributed by atoms with E-state index in [0.29, 0.717) is 44.2 Å². The van der Waals surface area contributed by atoms with Crippen LogP contribution in [0, 0.1) is 0 Å². The van der Waals surface area contributed by atoms with Crippen LogP contribution >= 0.6 is 46.3 Å².